The van der Waals surface area contributed by atoms with Gasteiger partial charge in [-0.05, 0) is 106 Å². The van der Waals surface area contributed by atoms with E-state index in [9.17, 15) is 0 Å². The molecule has 0 unspecified atom stereocenters. The van der Waals surface area contributed by atoms with Gasteiger partial charge < -0.3 is 5.41 Å². The lowest BCUT2D eigenvalue weighted by molar-refractivity contribution is 1.03. The third-order valence-electron chi connectivity index (χ3n) is 6.10. The van der Waals surface area contributed by atoms with Crippen molar-refractivity contribution in [3.05, 3.63) is 61.7 Å². The maximum absolute atomic E-state index is 8.33. The highest BCUT2D eigenvalue weighted by atomic mass is 35.5. The summed E-state index contributed by atoms with van der Waals surface area (Å²) in [6.07, 6.45) is 1.81. The van der Waals surface area contributed by atoms with Gasteiger partial charge in [-0.1, -0.05) is 43.2 Å². The molecule has 28 heavy (non-hydrogen) atoms. The van der Waals surface area contributed by atoms with Crippen LogP contribution in [0.25, 0.3) is 16.7 Å². The van der Waals surface area contributed by atoms with E-state index in [-0.39, 0.29) is 0 Å². The molecule has 1 nitrogen and oxygen atoms in total. The molecule has 0 atom stereocenters. The third-order valence-corrected chi connectivity index (χ3v) is 6.58. The Kier molecular flexibility index (Phi) is 6.93. The van der Waals surface area contributed by atoms with E-state index in [1.54, 1.807) is 0 Å². The Morgan fingerprint density at radius 1 is 0.857 bits per heavy atom. The summed E-state index contributed by atoms with van der Waals surface area (Å²) in [5.41, 5.74) is 14.1. The minimum absolute atomic E-state index is 0.596. The lowest BCUT2D eigenvalue weighted by Crippen LogP contribution is -2.10. The minimum Gasteiger partial charge on any atom is -0.305 e. The summed E-state index contributed by atoms with van der Waals surface area (Å²) in [5.74, 6) is 0. The second-order valence-electron chi connectivity index (χ2n) is 8.03. The molecule has 2 aromatic carbocycles. The fourth-order valence-corrected chi connectivity index (χ4v) is 4.59. The fourth-order valence-electron chi connectivity index (χ4n) is 4.28. The van der Waals surface area contributed by atoms with Crippen molar-refractivity contribution in [2.45, 2.75) is 75.2 Å². The number of allylic oxidation sites excluding steroid dienone is 2. The minimum atomic E-state index is 0.596. The van der Waals surface area contributed by atoms with Crippen molar-refractivity contribution >= 4 is 22.9 Å². The average Bonchev–Trinajstić information content (AvgIpc) is 2.64. The van der Waals surface area contributed by atoms with Gasteiger partial charge in [-0.15, -0.1) is 0 Å². The fraction of sp³-hybridized carbons (Fsp3) is 0.423. The molecular formula is C26H34ClN. The van der Waals surface area contributed by atoms with Crippen LogP contribution < -0.4 is 0 Å². The van der Waals surface area contributed by atoms with E-state index in [0.29, 0.717) is 5.71 Å². The molecule has 0 aliphatic heterocycles. The predicted octanol–water partition coefficient (Wildman–Crippen LogP) is 8.26. The zero-order chi connectivity index (χ0) is 21.3. The molecule has 0 aromatic heterocycles. The molecule has 0 fully saturated rings. The monoisotopic (exact) mass is 395 g/mol. The van der Waals surface area contributed by atoms with E-state index in [2.05, 4.69) is 67.5 Å². The first-order chi connectivity index (χ1) is 13.1. The topological polar surface area (TPSA) is 23.9 Å². The summed E-state index contributed by atoms with van der Waals surface area (Å²) in [5, 5.41) is 9.12. The van der Waals surface area contributed by atoms with E-state index in [4.69, 9.17) is 17.0 Å². The van der Waals surface area contributed by atoms with E-state index in [1.807, 2.05) is 6.92 Å². The molecule has 0 bridgehead atoms. The number of benzene rings is 2. The van der Waals surface area contributed by atoms with E-state index in [1.165, 1.54) is 44.5 Å². The van der Waals surface area contributed by atoms with Crippen LogP contribution in [0.4, 0.5) is 0 Å². The largest absolute Gasteiger partial charge is 0.305 e. The van der Waals surface area contributed by atoms with Gasteiger partial charge in [0.05, 0.1) is 5.02 Å². The second-order valence-corrected chi connectivity index (χ2v) is 8.41. The highest BCUT2D eigenvalue weighted by molar-refractivity contribution is 6.35. The van der Waals surface area contributed by atoms with Crippen molar-refractivity contribution in [1.82, 2.24) is 0 Å². The lowest BCUT2D eigenvalue weighted by atomic mass is 9.81. The van der Waals surface area contributed by atoms with Crippen molar-refractivity contribution < 1.29 is 0 Å². The summed E-state index contributed by atoms with van der Waals surface area (Å²) >= 11 is 7.03. The summed E-state index contributed by atoms with van der Waals surface area (Å²) in [7, 11) is 0. The van der Waals surface area contributed by atoms with Crippen molar-refractivity contribution in [1.29, 1.82) is 5.41 Å². The first kappa shape index (κ1) is 22.4. The van der Waals surface area contributed by atoms with Crippen LogP contribution in [0, 0.1) is 26.2 Å². The molecule has 1 N–H and O–H groups in total. The van der Waals surface area contributed by atoms with E-state index in [0.717, 1.165) is 34.6 Å². The second kappa shape index (κ2) is 8.66. The maximum atomic E-state index is 8.33. The van der Waals surface area contributed by atoms with Crippen LogP contribution in [0.15, 0.2) is 17.7 Å². The first-order valence-electron chi connectivity index (χ1n) is 10.2. The zero-order valence-electron chi connectivity index (χ0n) is 18.9. The molecule has 0 aliphatic rings. The van der Waals surface area contributed by atoms with Gasteiger partial charge in [0.1, 0.15) is 0 Å². The van der Waals surface area contributed by atoms with Crippen molar-refractivity contribution in [3.8, 4) is 11.1 Å². The Bertz CT molecular complexity index is 973. The first-order valence-corrected chi connectivity index (χ1v) is 10.6. The lowest BCUT2D eigenvalue weighted by Gasteiger charge is -2.25. The molecular weight excluding hydrogens is 362 g/mol. The number of nitrogens with one attached hydrogen (secondary N) is 1. The van der Waals surface area contributed by atoms with Gasteiger partial charge in [-0.2, -0.15) is 0 Å². The highest BCUT2D eigenvalue weighted by Crippen LogP contribution is 2.43. The SMILES string of the molecule is CCc1c(CC)c(-c2ccc(C)c(C)c2C(C)=C(C)C)c(Cl)c(C)c1C(C)=N. The van der Waals surface area contributed by atoms with E-state index < -0.39 is 0 Å². The van der Waals surface area contributed by atoms with Crippen LogP contribution in [-0.2, 0) is 12.8 Å². The number of halogens is 1. The van der Waals surface area contributed by atoms with Crippen LogP contribution >= 0.6 is 11.6 Å². The average molecular weight is 396 g/mol. The maximum Gasteiger partial charge on any atom is 0.0523 e. The normalized spacial score (nSPS) is 10.9. The molecule has 0 radical (unpaired) electrons. The molecule has 0 amide bonds. The van der Waals surface area contributed by atoms with Crippen LogP contribution in [0.3, 0.4) is 0 Å². The van der Waals surface area contributed by atoms with Gasteiger partial charge >= 0.3 is 0 Å². The van der Waals surface area contributed by atoms with Gasteiger partial charge in [-0.25, -0.2) is 0 Å². The molecule has 0 spiro atoms. The molecule has 0 heterocycles. The van der Waals surface area contributed by atoms with Crippen LogP contribution in [0.5, 0.6) is 0 Å². The molecule has 2 rings (SSSR count). The molecule has 2 aromatic rings. The summed E-state index contributed by atoms with van der Waals surface area (Å²) in [4.78, 5) is 0. The van der Waals surface area contributed by atoms with Gasteiger partial charge in [0.15, 0.2) is 0 Å². The molecule has 0 aliphatic carbocycles. The van der Waals surface area contributed by atoms with Gasteiger partial charge in [0.25, 0.3) is 0 Å². The third kappa shape index (κ3) is 3.70. The smallest absolute Gasteiger partial charge is 0.0523 e. The number of hydrogen-bond donors (Lipinski definition) is 1. The van der Waals surface area contributed by atoms with Gasteiger partial charge in [0.2, 0.25) is 0 Å². The summed E-state index contributed by atoms with van der Waals surface area (Å²) in [6.45, 7) is 19.3. The zero-order valence-corrected chi connectivity index (χ0v) is 19.7. The Labute approximate surface area is 176 Å². The van der Waals surface area contributed by atoms with Crippen LogP contribution in [0.2, 0.25) is 5.02 Å². The Morgan fingerprint density at radius 3 is 1.89 bits per heavy atom. The quantitative estimate of drug-likeness (QED) is 0.492. The summed E-state index contributed by atoms with van der Waals surface area (Å²) < 4.78 is 0. The van der Waals surface area contributed by atoms with Crippen LogP contribution in [0.1, 0.15) is 80.5 Å². The van der Waals surface area contributed by atoms with Crippen molar-refractivity contribution in [2.24, 2.45) is 0 Å². The molecule has 150 valence electrons. The molecule has 0 saturated heterocycles. The number of aryl methyl sites for hydroxylation is 1. The van der Waals surface area contributed by atoms with Crippen molar-refractivity contribution in [3.63, 3.8) is 0 Å². The predicted molar refractivity (Wildman–Crippen MR) is 126 cm³/mol. The standard InChI is InChI=1S/C26H34ClN/c1-10-20-21(11-2)25(26(27)18(8)24(20)19(9)28)22-13-12-15(5)17(7)23(22)16(6)14(3)4/h12-13,28H,10-11H2,1-9H3. The Balaban J connectivity index is 3.11. The van der Waals surface area contributed by atoms with Gasteiger partial charge in [-0.3, -0.25) is 0 Å². The molecule has 0 saturated carbocycles. The highest BCUT2D eigenvalue weighted by Gasteiger charge is 2.24. The van der Waals surface area contributed by atoms with Gasteiger partial charge in [0, 0.05) is 16.8 Å². The summed E-state index contributed by atoms with van der Waals surface area (Å²) in [6, 6.07) is 4.44. The number of rotatable bonds is 5. The molecule has 2 heteroatoms. The Morgan fingerprint density at radius 2 is 1.43 bits per heavy atom. The van der Waals surface area contributed by atoms with Crippen LogP contribution in [-0.4, -0.2) is 5.71 Å². The van der Waals surface area contributed by atoms with E-state index >= 15 is 0 Å². The number of hydrogen-bond acceptors (Lipinski definition) is 1. The Hall–Kier alpha value is -1.86. The van der Waals surface area contributed by atoms with Crippen molar-refractivity contribution in [2.75, 3.05) is 0 Å².